The molecule has 0 atom stereocenters. The lowest BCUT2D eigenvalue weighted by atomic mass is 9.96. The van der Waals surface area contributed by atoms with E-state index in [0.717, 1.165) is 71.5 Å². The van der Waals surface area contributed by atoms with Crippen molar-refractivity contribution in [2.75, 3.05) is 0 Å². The fraction of sp³-hybridized carbons (Fsp3) is 0.306. The van der Waals surface area contributed by atoms with Crippen LogP contribution in [-0.2, 0) is 17.6 Å². The Balaban J connectivity index is 1.28. The standard InChI is InChI=1S/C36H36N4O5/c1-3-4-9-33-32(22-24-10-12-25(13-11-24)30-7-5-6-8-31(30)34-38-36(43)45-39-34)35(42)40(23(2)37-33)26-14-18-28(19-15-26)44-29-20-16-27(41)17-21-29/h5-8,10-15,18-19,29H,3-4,9,16-17,20-22H2,1-2H3,(H,38,39,43). The smallest absolute Gasteiger partial charge is 0.439 e. The zero-order valence-electron chi connectivity index (χ0n) is 25.5. The van der Waals surface area contributed by atoms with E-state index in [4.69, 9.17) is 14.2 Å². The number of hydrogen-bond acceptors (Lipinski definition) is 7. The highest BCUT2D eigenvalue weighted by Crippen LogP contribution is 2.30. The molecular formula is C36H36N4O5. The van der Waals surface area contributed by atoms with Crippen molar-refractivity contribution in [3.05, 3.63) is 116 Å². The molecule has 0 saturated heterocycles. The Morgan fingerprint density at radius 2 is 1.64 bits per heavy atom. The zero-order chi connectivity index (χ0) is 31.3. The first kappa shape index (κ1) is 30.0. The van der Waals surface area contributed by atoms with Crippen molar-refractivity contribution in [1.82, 2.24) is 19.7 Å². The number of benzene rings is 3. The minimum atomic E-state index is -0.603. The molecule has 1 aliphatic rings. The number of hydrogen-bond donors (Lipinski definition) is 1. The SMILES string of the molecule is CCCCc1nc(C)n(-c2ccc(OC3CCC(=O)CC3)cc2)c(=O)c1Cc1ccc(-c2ccccc2-c2noc(=O)[nH]2)cc1. The Kier molecular flexibility index (Phi) is 8.86. The lowest BCUT2D eigenvalue weighted by Crippen LogP contribution is -2.28. The normalized spacial score (nSPS) is 13.7. The number of aromatic nitrogens is 4. The fourth-order valence-corrected chi connectivity index (χ4v) is 5.94. The van der Waals surface area contributed by atoms with Gasteiger partial charge in [-0.25, -0.2) is 9.78 Å². The first-order valence-corrected chi connectivity index (χ1v) is 15.5. The highest BCUT2D eigenvalue weighted by Gasteiger charge is 2.21. The lowest BCUT2D eigenvalue weighted by Gasteiger charge is -2.22. The van der Waals surface area contributed by atoms with E-state index in [1.165, 1.54) is 0 Å². The van der Waals surface area contributed by atoms with Crippen molar-refractivity contribution in [3.8, 4) is 34.0 Å². The molecule has 0 bridgehead atoms. The van der Waals surface area contributed by atoms with Crippen LogP contribution in [0.25, 0.3) is 28.2 Å². The van der Waals surface area contributed by atoms with Gasteiger partial charge in [0.25, 0.3) is 5.56 Å². The third-order valence-electron chi connectivity index (χ3n) is 8.35. The molecule has 0 radical (unpaired) electrons. The van der Waals surface area contributed by atoms with Crippen LogP contribution in [0.15, 0.2) is 86.9 Å². The second-order valence-electron chi connectivity index (χ2n) is 11.5. The molecule has 2 aromatic heterocycles. The third-order valence-corrected chi connectivity index (χ3v) is 8.35. The molecule has 1 aliphatic carbocycles. The molecule has 9 nitrogen and oxygen atoms in total. The van der Waals surface area contributed by atoms with Crippen molar-refractivity contribution in [1.29, 1.82) is 0 Å². The Bertz CT molecular complexity index is 1910. The summed E-state index contributed by atoms with van der Waals surface area (Å²) in [5.74, 6) is 1.44. The molecule has 6 rings (SSSR count). The van der Waals surface area contributed by atoms with Crippen LogP contribution in [-0.4, -0.2) is 31.6 Å². The molecule has 230 valence electrons. The number of aryl methyl sites for hydroxylation is 2. The number of carbonyl (C=O) groups is 1. The zero-order valence-corrected chi connectivity index (χ0v) is 25.5. The summed E-state index contributed by atoms with van der Waals surface area (Å²) in [7, 11) is 0. The van der Waals surface area contributed by atoms with E-state index in [1.807, 2.05) is 79.7 Å². The fourth-order valence-electron chi connectivity index (χ4n) is 5.94. The Labute approximate surface area is 260 Å². The lowest BCUT2D eigenvalue weighted by molar-refractivity contribution is -0.121. The highest BCUT2D eigenvalue weighted by atomic mass is 16.5. The topological polar surface area (TPSA) is 120 Å². The van der Waals surface area contributed by atoms with E-state index in [9.17, 15) is 14.4 Å². The highest BCUT2D eigenvalue weighted by molar-refractivity contribution is 5.80. The van der Waals surface area contributed by atoms with Crippen molar-refractivity contribution >= 4 is 5.78 Å². The third kappa shape index (κ3) is 6.72. The van der Waals surface area contributed by atoms with Gasteiger partial charge in [0, 0.05) is 30.4 Å². The van der Waals surface area contributed by atoms with Crippen LogP contribution in [0.1, 0.15) is 68.1 Å². The molecule has 0 spiro atoms. The number of rotatable bonds is 10. The summed E-state index contributed by atoms with van der Waals surface area (Å²) in [5.41, 5.74) is 5.80. The number of ether oxygens (including phenoxy) is 1. The van der Waals surface area contributed by atoms with Gasteiger partial charge in [-0.1, -0.05) is 67.0 Å². The van der Waals surface area contributed by atoms with Crippen LogP contribution >= 0.6 is 0 Å². The summed E-state index contributed by atoms with van der Waals surface area (Å²) < 4.78 is 12.5. The van der Waals surface area contributed by atoms with Gasteiger partial charge in [0.1, 0.15) is 17.4 Å². The van der Waals surface area contributed by atoms with E-state index in [2.05, 4.69) is 17.1 Å². The average molecular weight is 605 g/mol. The van der Waals surface area contributed by atoms with E-state index < -0.39 is 5.76 Å². The van der Waals surface area contributed by atoms with E-state index in [1.54, 1.807) is 4.57 Å². The van der Waals surface area contributed by atoms with Crippen molar-refractivity contribution in [2.24, 2.45) is 0 Å². The van der Waals surface area contributed by atoms with Gasteiger partial charge in [-0.05, 0) is 73.6 Å². The summed E-state index contributed by atoms with van der Waals surface area (Å²) >= 11 is 0. The largest absolute Gasteiger partial charge is 0.490 e. The van der Waals surface area contributed by atoms with Crippen LogP contribution in [0, 0.1) is 6.92 Å². The minimum absolute atomic E-state index is 0.0374. The van der Waals surface area contributed by atoms with Crippen molar-refractivity contribution in [3.63, 3.8) is 0 Å². The number of aromatic amines is 1. The van der Waals surface area contributed by atoms with Crippen LogP contribution < -0.4 is 16.1 Å². The van der Waals surface area contributed by atoms with Crippen LogP contribution in [0.2, 0.25) is 0 Å². The Morgan fingerprint density at radius 3 is 2.31 bits per heavy atom. The molecule has 9 heteroatoms. The monoisotopic (exact) mass is 604 g/mol. The number of Topliss-reactive ketones (excluding diaryl/α,β-unsaturated/α-hetero) is 1. The van der Waals surface area contributed by atoms with Crippen LogP contribution in [0.3, 0.4) is 0 Å². The molecule has 0 amide bonds. The number of ketones is 1. The first-order chi connectivity index (χ1) is 21.9. The number of nitrogens with one attached hydrogen (secondary N) is 1. The predicted octanol–water partition coefficient (Wildman–Crippen LogP) is 6.38. The van der Waals surface area contributed by atoms with Crippen LogP contribution in [0.4, 0.5) is 0 Å². The molecule has 0 aliphatic heterocycles. The quantitative estimate of drug-likeness (QED) is 0.197. The summed E-state index contributed by atoms with van der Waals surface area (Å²) in [4.78, 5) is 44.8. The molecule has 5 aromatic rings. The van der Waals surface area contributed by atoms with Gasteiger partial charge in [0.15, 0.2) is 5.82 Å². The van der Waals surface area contributed by atoms with Gasteiger partial charge in [-0.3, -0.25) is 23.7 Å². The molecular weight excluding hydrogens is 568 g/mol. The summed E-state index contributed by atoms with van der Waals surface area (Å²) in [6, 6.07) is 23.3. The number of unbranched alkanes of at least 4 members (excludes halogenated alkanes) is 1. The van der Waals surface area contributed by atoms with Gasteiger partial charge in [0.05, 0.1) is 17.5 Å². The Hall–Kier alpha value is -5.05. The number of nitrogens with zero attached hydrogens (tertiary/aromatic N) is 3. The van der Waals surface area contributed by atoms with Gasteiger partial charge < -0.3 is 4.74 Å². The number of carbonyl (C=O) groups excluding carboxylic acids is 1. The van der Waals surface area contributed by atoms with Gasteiger partial charge in [-0.2, -0.15) is 0 Å². The van der Waals surface area contributed by atoms with E-state index >= 15 is 0 Å². The van der Waals surface area contributed by atoms with Gasteiger partial charge in [0.2, 0.25) is 0 Å². The molecule has 45 heavy (non-hydrogen) atoms. The number of H-pyrrole nitrogens is 1. The van der Waals surface area contributed by atoms with Gasteiger partial charge in [-0.15, -0.1) is 0 Å². The van der Waals surface area contributed by atoms with Crippen molar-refractivity contribution in [2.45, 2.75) is 71.3 Å². The molecule has 3 aromatic carbocycles. The summed E-state index contributed by atoms with van der Waals surface area (Å²) in [6.45, 7) is 4.01. The van der Waals surface area contributed by atoms with E-state index in [-0.39, 0.29) is 11.7 Å². The van der Waals surface area contributed by atoms with Gasteiger partial charge >= 0.3 is 5.76 Å². The average Bonchev–Trinajstić information content (AvgIpc) is 3.49. The predicted molar refractivity (Wildman–Crippen MR) is 172 cm³/mol. The first-order valence-electron chi connectivity index (χ1n) is 15.5. The second-order valence-corrected chi connectivity index (χ2v) is 11.5. The van der Waals surface area contributed by atoms with Crippen molar-refractivity contribution < 1.29 is 14.1 Å². The summed E-state index contributed by atoms with van der Waals surface area (Å²) in [6.07, 6.45) is 5.78. The maximum absolute atomic E-state index is 14.1. The molecule has 1 fully saturated rings. The molecule has 2 heterocycles. The van der Waals surface area contributed by atoms with E-state index in [0.29, 0.717) is 42.3 Å². The molecule has 1 N–H and O–H groups in total. The minimum Gasteiger partial charge on any atom is -0.490 e. The molecule has 0 unspecified atom stereocenters. The van der Waals surface area contributed by atoms with Crippen LogP contribution in [0.5, 0.6) is 5.75 Å². The maximum Gasteiger partial charge on any atom is 0.439 e. The summed E-state index contributed by atoms with van der Waals surface area (Å²) in [5, 5.41) is 3.86. The maximum atomic E-state index is 14.1. The molecule has 1 saturated carbocycles. The Morgan fingerprint density at radius 1 is 0.933 bits per heavy atom. The second kappa shape index (κ2) is 13.3.